The Kier molecular flexibility index (Phi) is 4.31. The van der Waals surface area contributed by atoms with Crippen molar-refractivity contribution >= 4 is 15.8 Å². The van der Waals surface area contributed by atoms with Crippen LogP contribution in [-0.4, -0.2) is 26.5 Å². The Hall–Kier alpha value is -1.20. The minimum absolute atomic E-state index is 0.0381. The van der Waals surface area contributed by atoms with Crippen LogP contribution in [0.4, 0.5) is 0 Å². The smallest absolute Gasteiger partial charge is 0.212 e. The largest absolute Gasteiger partial charge is 0.299 e. The van der Waals surface area contributed by atoms with E-state index in [1.165, 1.54) is 11.1 Å². The number of rotatable bonds is 6. The van der Waals surface area contributed by atoms with Crippen molar-refractivity contribution in [1.29, 1.82) is 0 Å². The monoisotopic (exact) mass is 375 g/mol. The molecule has 4 nitrogen and oxygen atoms in total. The van der Waals surface area contributed by atoms with Crippen LogP contribution in [0.15, 0.2) is 24.3 Å². The molecule has 3 atom stereocenters. The summed E-state index contributed by atoms with van der Waals surface area (Å²) in [5.41, 5.74) is 1.89. The fourth-order valence-corrected chi connectivity index (χ4v) is 7.67. The number of fused-ring (bicyclic) bond motifs is 3. The number of aryl methyl sites for hydroxylation is 1. The van der Waals surface area contributed by atoms with Gasteiger partial charge in [-0.05, 0) is 60.5 Å². The Morgan fingerprint density at radius 2 is 1.96 bits per heavy atom. The lowest BCUT2D eigenvalue weighted by Gasteiger charge is -2.36. The van der Waals surface area contributed by atoms with Gasteiger partial charge in [-0.25, -0.2) is 13.1 Å². The highest BCUT2D eigenvalue weighted by molar-refractivity contribution is 7.89. The van der Waals surface area contributed by atoms with Crippen LogP contribution >= 0.6 is 0 Å². The molecule has 1 aromatic carbocycles. The normalized spacial score (nSPS) is 32.2. The molecule has 1 N–H and O–H groups in total. The van der Waals surface area contributed by atoms with Gasteiger partial charge >= 0.3 is 0 Å². The van der Waals surface area contributed by atoms with E-state index in [0.29, 0.717) is 24.8 Å². The van der Waals surface area contributed by atoms with Gasteiger partial charge in [-0.3, -0.25) is 4.79 Å². The third kappa shape index (κ3) is 2.75. The van der Waals surface area contributed by atoms with E-state index in [1.807, 2.05) is 0 Å². The second-order valence-corrected chi connectivity index (χ2v) is 10.9. The average molecular weight is 376 g/mol. The van der Waals surface area contributed by atoms with Crippen molar-refractivity contribution < 1.29 is 13.2 Å². The molecular formula is C21H29NO3S. The summed E-state index contributed by atoms with van der Waals surface area (Å²) in [5.74, 6) is 0.908. The first-order valence-electron chi connectivity index (χ1n) is 9.84. The molecule has 0 saturated heterocycles. The number of carbonyl (C=O) groups is 1. The molecule has 2 fully saturated rings. The molecule has 3 aliphatic rings. The van der Waals surface area contributed by atoms with E-state index < -0.39 is 15.4 Å². The maximum Gasteiger partial charge on any atom is 0.212 e. The highest BCUT2D eigenvalue weighted by Gasteiger charge is 2.65. The number of ketones is 1. The lowest BCUT2D eigenvalue weighted by molar-refractivity contribution is -0.128. The van der Waals surface area contributed by atoms with Crippen molar-refractivity contribution in [2.75, 3.05) is 12.3 Å². The molecule has 2 saturated carbocycles. The predicted octanol–water partition coefficient (Wildman–Crippen LogP) is 3.42. The van der Waals surface area contributed by atoms with Crippen molar-refractivity contribution in [3.8, 4) is 0 Å². The molecule has 26 heavy (non-hydrogen) atoms. The molecule has 2 bridgehead atoms. The topological polar surface area (TPSA) is 63.2 Å². The lowest BCUT2D eigenvalue weighted by Crippen LogP contribution is -2.45. The first-order chi connectivity index (χ1) is 12.3. The molecule has 142 valence electrons. The molecule has 0 heterocycles. The van der Waals surface area contributed by atoms with Crippen LogP contribution in [0.25, 0.3) is 0 Å². The van der Waals surface area contributed by atoms with Crippen LogP contribution in [0, 0.1) is 16.7 Å². The van der Waals surface area contributed by atoms with Crippen LogP contribution in [0.2, 0.25) is 0 Å². The van der Waals surface area contributed by atoms with Crippen molar-refractivity contribution in [3.63, 3.8) is 0 Å². The predicted molar refractivity (Wildman–Crippen MR) is 102 cm³/mol. The van der Waals surface area contributed by atoms with Gasteiger partial charge in [0.05, 0.1) is 5.75 Å². The Labute approximate surface area is 156 Å². The van der Waals surface area contributed by atoms with Gasteiger partial charge in [-0.1, -0.05) is 38.1 Å². The Morgan fingerprint density at radius 3 is 2.65 bits per heavy atom. The van der Waals surface area contributed by atoms with Gasteiger partial charge in [0, 0.05) is 18.4 Å². The number of Topliss-reactive ketones (excluding diaryl/α,β-unsaturated/α-hetero) is 1. The highest BCUT2D eigenvalue weighted by Crippen LogP contribution is 2.64. The average Bonchev–Trinajstić information content (AvgIpc) is 3.14. The fraction of sp³-hybridized carbons (Fsp3) is 0.667. The number of benzene rings is 1. The summed E-state index contributed by atoms with van der Waals surface area (Å²) in [6, 6.07) is 8.46. The number of carbonyl (C=O) groups excluding carboxylic acids is 1. The Morgan fingerprint density at radius 1 is 1.19 bits per heavy atom. The van der Waals surface area contributed by atoms with Gasteiger partial charge < -0.3 is 0 Å². The highest BCUT2D eigenvalue weighted by atomic mass is 32.2. The van der Waals surface area contributed by atoms with E-state index in [-0.39, 0.29) is 17.0 Å². The van der Waals surface area contributed by atoms with Gasteiger partial charge in [0.15, 0.2) is 0 Å². The van der Waals surface area contributed by atoms with Gasteiger partial charge in [0.2, 0.25) is 10.0 Å². The molecule has 1 aromatic rings. The minimum Gasteiger partial charge on any atom is -0.299 e. The summed E-state index contributed by atoms with van der Waals surface area (Å²) in [7, 11) is -3.45. The van der Waals surface area contributed by atoms with Gasteiger partial charge in [0.25, 0.3) is 0 Å². The molecule has 4 rings (SSSR count). The summed E-state index contributed by atoms with van der Waals surface area (Å²) in [4.78, 5) is 12.6. The maximum atomic E-state index is 12.8. The third-order valence-electron chi connectivity index (χ3n) is 7.65. The molecular weight excluding hydrogens is 346 g/mol. The van der Waals surface area contributed by atoms with E-state index in [4.69, 9.17) is 0 Å². The number of hydrogen-bond acceptors (Lipinski definition) is 3. The lowest BCUT2D eigenvalue weighted by atomic mass is 9.70. The van der Waals surface area contributed by atoms with Crippen LogP contribution in [0.1, 0.15) is 63.0 Å². The van der Waals surface area contributed by atoms with Crippen molar-refractivity contribution in [2.24, 2.45) is 16.7 Å². The van der Waals surface area contributed by atoms with Crippen LogP contribution < -0.4 is 4.72 Å². The van der Waals surface area contributed by atoms with E-state index in [2.05, 4.69) is 42.8 Å². The van der Waals surface area contributed by atoms with Crippen LogP contribution in [0.5, 0.6) is 0 Å². The van der Waals surface area contributed by atoms with Gasteiger partial charge in [0.1, 0.15) is 5.78 Å². The van der Waals surface area contributed by atoms with Gasteiger partial charge in [-0.15, -0.1) is 0 Å². The molecule has 3 aliphatic carbocycles. The quantitative estimate of drug-likeness (QED) is 0.829. The summed E-state index contributed by atoms with van der Waals surface area (Å²) in [5, 5.41) is 0. The molecule has 3 unspecified atom stereocenters. The van der Waals surface area contributed by atoms with Crippen molar-refractivity contribution in [2.45, 2.75) is 58.3 Å². The summed E-state index contributed by atoms with van der Waals surface area (Å²) >= 11 is 0. The summed E-state index contributed by atoms with van der Waals surface area (Å²) < 4.78 is 28.3. The zero-order valence-corrected chi connectivity index (χ0v) is 16.6. The van der Waals surface area contributed by atoms with Gasteiger partial charge in [-0.2, -0.15) is 0 Å². The zero-order valence-electron chi connectivity index (χ0n) is 15.8. The maximum absolute atomic E-state index is 12.8. The Bertz CT molecular complexity index is 829. The van der Waals surface area contributed by atoms with Crippen LogP contribution in [0.3, 0.4) is 0 Å². The minimum atomic E-state index is -3.45. The number of sulfonamides is 1. The van der Waals surface area contributed by atoms with E-state index in [1.54, 1.807) is 0 Å². The fourth-order valence-electron chi connectivity index (χ4n) is 5.82. The van der Waals surface area contributed by atoms with Crippen molar-refractivity contribution in [1.82, 2.24) is 4.72 Å². The second kappa shape index (κ2) is 6.16. The van der Waals surface area contributed by atoms with E-state index in [0.717, 1.165) is 32.1 Å². The summed E-state index contributed by atoms with van der Waals surface area (Å²) in [6.45, 7) is 4.62. The zero-order chi connectivity index (χ0) is 18.6. The van der Waals surface area contributed by atoms with E-state index in [9.17, 15) is 13.2 Å². The number of nitrogens with one attached hydrogen (secondary N) is 1. The number of hydrogen-bond donors (Lipinski definition) is 1. The van der Waals surface area contributed by atoms with E-state index >= 15 is 0 Å². The molecule has 0 aliphatic heterocycles. The first kappa shape index (κ1) is 18.2. The van der Waals surface area contributed by atoms with Crippen molar-refractivity contribution in [3.05, 3.63) is 35.4 Å². The summed E-state index contributed by atoms with van der Waals surface area (Å²) in [6.07, 6.45) is 5.26. The third-order valence-corrected chi connectivity index (χ3v) is 9.16. The second-order valence-electron chi connectivity index (χ2n) is 9.04. The van der Waals surface area contributed by atoms with Crippen LogP contribution in [-0.2, 0) is 21.2 Å². The molecule has 0 radical (unpaired) electrons. The molecule has 5 heteroatoms. The molecule has 0 spiro atoms. The standard InChI is InChI=1S/C21H29NO3S/c1-20(2)17-9-11-21(20,19(23)13-17)14-26(24,25)22-12-10-16-8-7-15-5-3-4-6-18(15)16/h3-6,16-17,22H,7-14H2,1-2H3. The first-order valence-corrected chi connectivity index (χ1v) is 11.5. The molecule has 0 aromatic heterocycles. The molecule has 0 amide bonds. The SMILES string of the molecule is CC1(C)C2CCC1(CS(=O)(=O)NCCC1CCc3ccccc31)C(=O)C2. The Balaban J connectivity index is 1.39.